The fourth-order valence-corrected chi connectivity index (χ4v) is 3.87. The van der Waals surface area contributed by atoms with E-state index in [2.05, 4.69) is 14.9 Å². The van der Waals surface area contributed by atoms with Gasteiger partial charge in [0.15, 0.2) is 5.82 Å². The highest BCUT2D eigenvalue weighted by Crippen LogP contribution is 2.45. The molecule has 2 heterocycles. The van der Waals surface area contributed by atoms with Crippen LogP contribution in [0.15, 0.2) is 12.4 Å². The topological polar surface area (TPSA) is 55.0 Å². The summed E-state index contributed by atoms with van der Waals surface area (Å²) in [6.07, 6.45) is 13.0. The van der Waals surface area contributed by atoms with E-state index >= 15 is 0 Å². The lowest BCUT2D eigenvalue weighted by Crippen LogP contribution is -2.42. The molecule has 0 unspecified atom stereocenters. The van der Waals surface area contributed by atoms with Crippen LogP contribution in [0.4, 0.5) is 5.82 Å². The summed E-state index contributed by atoms with van der Waals surface area (Å²) in [7, 11) is 0. The maximum atomic E-state index is 5.76. The maximum absolute atomic E-state index is 5.76. The SMILES string of the molecule is NC(=S)c1nccnc1N1CCC2(CCCCC2)CC1. The Balaban J connectivity index is 1.73. The van der Waals surface area contributed by atoms with Crippen molar-refractivity contribution in [1.29, 1.82) is 0 Å². The average Bonchev–Trinajstić information content (AvgIpc) is 2.49. The van der Waals surface area contributed by atoms with Gasteiger partial charge in [-0.05, 0) is 31.1 Å². The quantitative estimate of drug-likeness (QED) is 0.849. The van der Waals surface area contributed by atoms with Crippen LogP contribution in [0.5, 0.6) is 0 Å². The molecule has 3 rings (SSSR count). The van der Waals surface area contributed by atoms with Gasteiger partial charge in [-0.3, -0.25) is 0 Å². The van der Waals surface area contributed by atoms with Crippen LogP contribution in [0.1, 0.15) is 50.6 Å². The molecule has 1 aliphatic carbocycles. The Morgan fingerprint density at radius 3 is 2.35 bits per heavy atom. The third kappa shape index (κ3) is 2.64. The third-order valence-electron chi connectivity index (χ3n) is 4.95. The minimum atomic E-state index is 0.339. The fourth-order valence-electron chi connectivity index (χ4n) is 3.73. The van der Waals surface area contributed by atoms with Crippen LogP contribution in [-0.4, -0.2) is 28.0 Å². The smallest absolute Gasteiger partial charge is 0.157 e. The highest BCUT2D eigenvalue weighted by atomic mass is 32.1. The highest BCUT2D eigenvalue weighted by molar-refractivity contribution is 7.80. The molecule has 1 spiro atoms. The van der Waals surface area contributed by atoms with Gasteiger partial charge in [0.25, 0.3) is 0 Å². The average molecular weight is 290 g/mol. The van der Waals surface area contributed by atoms with Gasteiger partial charge in [0.2, 0.25) is 0 Å². The van der Waals surface area contributed by atoms with Crippen molar-refractivity contribution in [2.45, 2.75) is 44.9 Å². The summed E-state index contributed by atoms with van der Waals surface area (Å²) in [6, 6.07) is 0. The van der Waals surface area contributed by atoms with Gasteiger partial charge in [0.05, 0.1) is 0 Å². The number of aromatic nitrogens is 2. The zero-order chi connectivity index (χ0) is 14.0. The minimum absolute atomic E-state index is 0.339. The van der Waals surface area contributed by atoms with E-state index in [0.717, 1.165) is 18.9 Å². The summed E-state index contributed by atoms with van der Waals surface area (Å²) in [4.78, 5) is 11.4. The molecule has 5 heteroatoms. The molecule has 1 aliphatic heterocycles. The molecule has 1 aromatic rings. The lowest BCUT2D eigenvalue weighted by Gasteiger charge is -2.44. The zero-order valence-corrected chi connectivity index (χ0v) is 12.7. The molecule has 108 valence electrons. The fraction of sp³-hybridized carbons (Fsp3) is 0.667. The maximum Gasteiger partial charge on any atom is 0.157 e. The van der Waals surface area contributed by atoms with E-state index in [9.17, 15) is 0 Å². The monoisotopic (exact) mass is 290 g/mol. The summed E-state index contributed by atoms with van der Waals surface area (Å²) >= 11 is 5.09. The molecular weight excluding hydrogens is 268 g/mol. The van der Waals surface area contributed by atoms with Gasteiger partial charge in [0, 0.05) is 25.5 Å². The van der Waals surface area contributed by atoms with E-state index in [1.165, 1.54) is 44.9 Å². The number of rotatable bonds is 2. The predicted molar refractivity (Wildman–Crippen MR) is 84.9 cm³/mol. The van der Waals surface area contributed by atoms with E-state index < -0.39 is 0 Å². The molecule has 2 N–H and O–H groups in total. The van der Waals surface area contributed by atoms with Gasteiger partial charge in [-0.2, -0.15) is 0 Å². The second-order valence-electron chi connectivity index (χ2n) is 6.14. The number of hydrogen-bond donors (Lipinski definition) is 1. The van der Waals surface area contributed by atoms with Gasteiger partial charge in [0.1, 0.15) is 10.7 Å². The van der Waals surface area contributed by atoms with Crippen LogP contribution in [0.3, 0.4) is 0 Å². The molecule has 2 aliphatic rings. The molecular formula is C15H22N4S. The number of thiocarbonyl (C=S) groups is 1. The highest BCUT2D eigenvalue weighted by Gasteiger charge is 2.36. The summed E-state index contributed by atoms with van der Waals surface area (Å²) in [5.41, 5.74) is 7.03. The van der Waals surface area contributed by atoms with Crippen molar-refractivity contribution in [2.75, 3.05) is 18.0 Å². The van der Waals surface area contributed by atoms with Crippen molar-refractivity contribution in [3.8, 4) is 0 Å². The molecule has 0 radical (unpaired) electrons. The van der Waals surface area contributed by atoms with E-state index in [-0.39, 0.29) is 0 Å². The van der Waals surface area contributed by atoms with Crippen LogP contribution in [0.25, 0.3) is 0 Å². The Hall–Kier alpha value is -1.23. The van der Waals surface area contributed by atoms with Crippen molar-refractivity contribution in [1.82, 2.24) is 9.97 Å². The number of anilines is 1. The normalized spacial score (nSPS) is 21.9. The van der Waals surface area contributed by atoms with Crippen LogP contribution in [-0.2, 0) is 0 Å². The molecule has 1 saturated carbocycles. The molecule has 0 bridgehead atoms. The predicted octanol–water partition coefficient (Wildman–Crippen LogP) is 2.66. The van der Waals surface area contributed by atoms with Crippen molar-refractivity contribution >= 4 is 23.0 Å². The first kappa shape index (κ1) is 13.7. The molecule has 2 fully saturated rings. The summed E-state index contributed by atoms with van der Waals surface area (Å²) < 4.78 is 0. The number of piperidine rings is 1. The molecule has 0 aromatic carbocycles. The Morgan fingerprint density at radius 1 is 1.05 bits per heavy atom. The minimum Gasteiger partial charge on any atom is -0.388 e. The Labute approximate surface area is 125 Å². The van der Waals surface area contributed by atoms with Crippen LogP contribution in [0, 0.1) is 5.41 Å². The molecule has 1 saturated heterocycles. The molecule has 0 amide bonds. The van der Waals surface area contributed by atoms with Crippen molar-refractivity contribution in [3.63, 3.8) is 0 Å². The molecule has 20 heavy (non-hydrogen) atoms. The summed E-state index contributed by atoms with van der Waals surface area (Å²) in [5, 5.41) is 0. The molecule has 1 aromatic heterocycles. The second kappa shape index (κ2) is 5.64. The number of hydrogen-bond acceptors (Lipinski definition) is 4. The Morgan fingerprint density at radius 2 is 1.70 bits per heavy atom. The van der Waals surface area contributed by atoms with Gasteiger partial charge < -0.3 is 10.6 Å². The number of nitrogens with two attached hydrogens (primary N) is 1. The first-order chi connectivity index (χ1) is 9.70. The van der Waals surface area contributed by atoms with Gasteiger partial charge in [-0.25, -0.2) is 9.97 Å². The van der Waals surface area contributed by atoms with Gasteiger partial charge in [-0.1, -0.05) is 31.5 Å². The van der Waals surface area contributed by atoms with Crippen LogP contribution >= 0.6 is 12.2 Å². The summed E-state index contributed by atoms with van der Waals surface area (Å²) in [5.74, 6) is 0.866. The molecule has 4 nitrogen and oxygen atoms in total. The van der Waals surface area contributed by atoms with Crippen LogP contribution in [0.2, 0.25) is 0 Å². The first-order valence-corrected chi connectivity index (χ1v) is 7.97. The number of nitrogens with zero attached hydrogens (tertiary/aromatic N) is 3. The van der Waals surface area contributed by atoms with E-state index in [0.29, 0.717) is 16.1 Å². The lowest BCUT2D eigenvalue weighted by atomic mass is 9.68. The lowest BCUT2D eigenvalue weighted by molar-refractivity contribution is 0.144. The largest absolute Gasteiger partial charge is 0.388 e. The Kier molecular flexibility index (Phi) is 3.87. The molecule has 0 atom stereocenters. The van der Waals surface area contributed by atoms with Crippen molar-refractivity contribution in [2.24, 2.45) is 11.1 Å². The van der Waals surface area contributed by atoms with Crippen molar-refractivity contribution in [3.05, 3.63) is 18.1 Å². The zero-order valence-electron chi connectivity index (χ0n) is 11.8. The van der Waals surface area contributed by atoms with Gasteiger partial charge >= 0.3 is 0 Å². The summed E-state index contributed by atoms with van der Waals surface area (Å²) in [6.45, 7) is 2.10. The van der Waals surface area contributed by atoms with E-state index in [1.54, 1.807) is 12.4 Å². The van der Waals surface area contributed by atoms with Gasteiger partial charge in [-0.15, -0.1) is 0 Å². The van der Waals surface area contributed by atoms with E-state index in [4.69, 9.17) is 18.0 Å². The van der Waals surface area contributed by atoms with Crippen molar-refractivity contribution < 1.29 is 0 Å². The standard InChI is InChI=1S/C15H22N4S/c16-13(20)12-14(18-9-8-17-12)19-10-6-15(7-11-19)4-2-1-3-5-15/h8-9H,1-7,10-11H2,(H2,16,20). The second-order valence-corrected chi connectivity index (χ2v) is 6.58. The Bertz CT molecular complexity index is 486. The van der Waals surface area contributed by atoms with Crippen LogP contribution < -0.4 is 10.6 Å². The first-order valence-electron chi connectivity index (χ1n) is 7.56. The van der Waals surface area contributed by atoms with E-state index in [1.807, 2.05) is 0 Å². The third-order valence-corrected chi connectivity index (χ3v) is 5.14.